The maximum Gasteiger partial charge on any atom is 0.293 e. The van der Waals surface area contributed by atoms with Crippen molar-refractivity contribution in [3.63, 3.8) is 0 Å². The highest BCUT2D eigenvalue weighted by atomic mass is 32.2. The fourth-order valence-corrected chi connectivity index (χ4v) is 4.41. The fraction of sp³-hybridized carbons (Fsp3) is 0.455. The normalized spacial score (nSPS) is 19.1. The van der Waals surface area contributed by atoms with Crippen molar-refractivity contribution in [1.82, 2.24) is 4.90 Å². The smallest absolute Gasteiger partial charge is 0.293 e. The Morgan fingerprint density at radius 2 is 2.00 bits per heavy atom. The molecule has 1 saturated heterocycles. The number of ether oxygens (including phenoxy) is 2. The maximum absolute atomic E-state index is 12.8. The molecule has 0 spiro atoms. The third-order valence-electron chi connectivity index (χ3n) is 4.92. The van der Waals surface area contributed by atoms with Gasteiger partial charge in [-0.05, 0) is 61.2 Å². The number of hydrogen-bond acceptors (Lipinski definition) is 5. The third-order valence-corrected chi connectivity index (χ3v) is 5.82. The zero-order valence-electron chi connectivity index (χ0n) is 16.1. The van der Waals surface area contributed by atoms with Crippen LogP contribution in [0.1, 0.15) is 44.6 Å². The third kappa shape index (κ3) is 4.90. The SMILES string of the molecule is C#CCOc1ccc(/C=C2/SC(=O)N(CC3CCCCC3)C2=O)cc1OCC. The molecular formula is C22H25NO4S. The van der Waals surface area contributed by atoms with Gasteiger partial charge in [0.25, 0.3) is 11.1 Å². The Labute approximate surface area is 170 Å². The highest BCUT2D eigenvalue weighted by Crippen LogP contribution is 2.36. The van der Waals surface area contributed by atoms with E-state index in [1.54, 1.807) is 18.2 Å². The summed E-state index contributed by atoms with van der Waals surface area (Å²) in [7, 11) is 0. The van der Waals surface area contributed by atoms with E-state index in [0.29, 0.717) is 35.5 Å². The molecule has 2 aliphatic rings. The first-order valence-corrected chi connectivity index (χ1v) is 10.5. The van der Waals surface area contributed by atoms with Crippen LogP contribution in [0, 0.1) is 18.3 Å². The second kappa shape index (κ2) is 9.70. The van der Waals surface area contributed by atoms with Gasteiger partial charge in [-0.2, -0.15) is 0 Å². The van der Waals surface area contributed by atoms with Gasteiger partial charge in [-0.3, -0.25) is 14.5 Å². The molecule has 3 rings (SSSR count). The summed E-state index contributed by atoms with van der Waals surface area (Å²) in [5.74, 6) is 3.77. The van der Waals surface area contributed by atoms with Gasteiger partial charge in [0.05, 0.1) is 11.5 Å². The summed E-state index contributed by atoms with van der Waals surface area (Å²) in [6.45, 7) is 3.05. The molecule has 1 aliphatic carbocycles. The summed E-state index contributed by atoms with van der Waals surface area (Å²) >= 11 is 1.00. The minimum absolute atomic E-state index is 0.152. The summed E-state index contributed by atoms with van der Waals surface area (Å²) in [4.78, 5) is 27.0. The van der Waals surface area contributed by atoms with Gasteiger partial charge in [0.1, 0.15) is 6.61 Å². The van der Waals surface area contributed by atoms with Crippen molar-refractivity contribution >= 4 is 29.0 Å². The summed E-state index contributed by atoms with van der Waals surface area (Å²) in [6.07, 6.45) is 12.8. The number of nitrogens with zero attached hydrogens (tertiary/aromatic N) is 1. The van der Waals surface area contributed by atoms with Crippen molar-refractivity contribution in [3.8, 4) is 23.8 Å². The first-order valence-electron chi connectivity index (χ1n) is 9.71. The van der Waals surface area contributed by atoms with Crippen LogP contribution < -0.4 is 9.47 Å². The monoisotopic (exact) mass is 399 g/mol. The van der Waals surface area contributed by atoms with E-state index in [-0.39, 0.29) is 17.8 Å². The van der Waals surface area contributed by atoms with Crippen molar-refractivity contribution in [2.24, 2.45) is 5.92 Å². The molecule has 1 heterocycles. The molecule has 6 heteroatoms. The summed E-state index contributed by atoms with van der Waals surface area (Å²) < 4.78 is 11.1. The topological polar surface area (TPSA) is 55.8 Å². The van der Waals surface area contributed by atoms with Crippen LogP contribution >= 0.6 is 11.8 Å². The molecule has 2 fully saturated rings. The summed E-state index contributed by atoms with van der Waals surface area (Å²) in [5, 5.41) is -0.180. The molecule has 0 radical (unpaired) electrons. The molecular weight excluding hydrogens is 374 g/mol. The lowest BCUT2D eigenvalue weighted by molar-refractivity contribution is -0.123. The van der Waals surface area contributed by atoms with Gasteiger partial charge in [-0.15, -0.1) is 6.42 Å². The second-order valence-electron chi connectivity index (χ2n) is 6.93. The Balaban J connectivity index is 1.75. The Kier molecular flexibility index (Phi) is 7.05. The molecule has 1 aliphatic heterocycles. The Morgan fingerprint density at radius 3 is 2.71 bits per heavy atom. The molecule has 5 nitrogen and oxygen atoms in total. The van der Waals surface area contributed by atoms with E-state index in [9.17, 15) is 9.59 Å². The number of amides is 2. The van der Waals surface area contributed by atoms with Crippen LogP contribution in [0.2, 0.25) is 0 Å². The number of imide groups is 1. The number of carbonyl (C=O) groups excluding carboxylic acids is 2. The largest absolute Gasteiger partial charge is 0.490 e. The Bertz CT molecular complexity index is 805. The van der Waals surface area contributed by atoms with Crippen LogP contribution in [0.5, 0.6) is 11.5 Å². The van der Waals surface area contributed by atoms with Crippen LogP contribution in [0.3, 0.4) is 0 Å². The molecule has 0 aromatic heterocycles. The summed E-state index contributed by atoms with van der Waals surface area (Å²) in [5.41, 5.74) is 0.777. The highest BCUT2D eigenvalue weighted by molar-refractivity contribution is 8.18. The van der Waals surface area contributed by atoms with E-state index in [0.717, 1.165) is 30.2 Å². The average molecular weight is 400 g/mol. The fourth-order valence-electron chi connectivity index (χ4n) is 3.56. The van der Waals surface area contributed by atoms with E-state index in [1.807, 2.05) is 13.0 Å². The Morgan fingerprint density at radius 1 is 1.21 bits per heavy atom. The Hall–Kier alpha value is -2.39. The zero-order chi connectivity index (χ0) is 19.9. The lowest BCUT2D eigenvalue weighted by atomic mass is 9.89. The lowest BCUT2D eigenvalue weighted by Crippen LogP contribution is -2.34. The van der Waals surface area contributed by atoms with E-state index < -0.39 is 0 Å². The van der Waals surface area contributed by atoms with Crippen LogP contribution in [0.4, 0.5) is 4.79 Å². The number of carbonyl (C=O) groups is 2. The lowest BCUT2D eigenvalue weighted by Gasteiger charge is -2.25. The first kappa shape index (κ1) is 20.3. The van der Waals surface area contributed by atoms with Crippen LogP contribution in [0.25, 0.3) is 6.08 Å². The zero-order valence-corrected chi connectivity index (χ0v) is 16.9. The van der Waals surface area contributed by atoms with Crippen molar-refractivity contribution in [2.75, 3.05) is 19.8 Å². The molecule has 0 bridgehead atoms. The summed E-state index contributed by atoms with van der Waals surface area (Å²) in [6, 6.07) is 5.38. The average Bonchev–Trinajstić information content (AvgIpc) is 2.96. The van der Waals surface area contributed by atoms with Crippen LogP contribution in [-0.2, 0) is 4.79 Å². The first-order chi connectivity index (χ1) is 13.6. The molecule has 2 amide bonds. The number of hydrogen-bond donors (Lipinski definition) is 0. The van der Waals surface area contributed by atoms with Crippen LogP contribution in [-0.4, -0.2) is 35.8 Å². The van der Waals surface area contributed by atoms with E-state index in [1.165, 1.54) is 24.2 Å². The van der Waals surface area contributed by atoms with Gasteiger partial charge in [0.15, 0.2) is 11.5 Å². The molecule has 148 valence electrons. The standard InChI is InChI=1S/C22H25NO4S/c1-3-12-27-18-11-10-17(13-19(18)26-4-2)14-20-21(24)23(22(25)28-20)15-16-8-6-5-7-9-16/h1,10-11,13-14,16H,4-9,12,15H2,2H3/b20-14+. The van der Waals surface area contributed by atoms with Crippen molar-refractivity contribution < 1.29 is 19.1 Å². The van der Waals surface area contributed by atoms with Gasteiger partial charge in [-0.1, -0.05) is 31.2 Å². The van der Waals surface area contributed by atoms with E-state index in [2.05, 4.69) is 5.92 Å². The van der Waals surface area contributed by atoms with Crippen molar-refractivity contribution in [3.05, 3.63) is 28.7 Å². The molecule has 28 heavy (non-hydrogen) atoms. The van der Waals surface area contributed by atoms with Gasteiger partial charge < -0.3 is 9.47 Å². The molecule has 1 saturated carbocycles. The van der Waals surface area contributed by atoms with Gasteiger partial charge in [0, 0.05) is 6.54 Å². The number of terminal acetylenes is 1. The maximum atomic E-state index is 12.8. The van der Waals surface area contributed by atoms with Gasteiger partial charge >= 0.3 is 0 Å². The van der Waals surface area contributed by atoms with Crippen molar-refractivity contribution in [2.45, 2.75) is 39.0 Å². The highest BCUT2D eigenvalue weighted by Gasteiger charge is 2.36. The van der Waals surface area contributed by atoms with Crippen molar-refractivity contribution in [1.29, 1.82) is 0 Å². The number of thioether (sulfide) groups is 1. The minimum atomic E-state index is -0.203. The van der Waals surface area contributed by atoms with E-state index in [4.69, 9.17) is 15.9 Å². The molecule has 0 unspecified atom stereocenters. The number of benzene rings is 1. The number of rotatable bonds is 7. The molecule has 1 aromatic rings. The molecule has 0 atom stereocenters. The van der Waals surface area contributed by atoms with E-state index >= 15 is 0 Å². The van der Waals surface area contributed by atoms with Crippen LogP contribution in [0.15, 0.2) is 23.1 Å². The molecule has 1 aromatic carbocycles. The predicted octanol–water partition coefficient (Wildman–Crippen LogP) is 4.71. The van der Waals surface area contributed by atoms with Gasteiger partial charge in [0.2, 0.25) is 0 Å². The molecule has 0 N–H and O–H groups in total. The predicted molar refractivity (Wildman–Crippen MR) is 111 cm³/mol. The minimum Gasteiger partial charge on any atom is -0.490 e. The second-order valence-corrected chi connectivity index (χ2v) is 7.92. The quantitative estimate of drug-likeness (QED) is 0.491. The van der Waals surface area contributed by atoms with Gasteiger partial charge in [-0.25, -0.2) is 0 Å².